The highest BCUT2D eigenvalue weighted by Crippen LogP contribution is 2.30. The van der Waals surface area contributed by atoms with Gasteiger partial charge in [-0.05, 0) is 53.9 Å². The van der Waals surface area contributed by atoms with E-state index in [1.807, 2.05) is 6.07 Å². The summed E-state index contributed by atoms with van der Waals surface area (Å²) >= 11 is 0. The van der Waals surface area contributed by atoms with E-state index >= 15 is 0 Å². The van der Waals surface area contributed by atoms with Gasteiger partial charge in [0.15, 0.2) is 0 Å². The number of carbonyl (C=O) groups is 2. The van der Waals surface area contributed by atoms with Gasteiger partial charge in [0.05, 0.1) is 12.7 Å². The van der Waals surface area contributed by atoms with E-state index in [4.69, 9.17) is 4.74 Å². The molecule has 0 spiro atoms. The van der Waals surface area contributed by atoms with Gasteiger partial charge in [0.25, 0.3) is 0 Å². The van der Waals surface area contributed by atoms with Crippen LogP contribution in [0, 0.1) is 0 Å². The first-order chi connectivity index (χ1) is 13.3. The molecule has 6 nitrogen and oxygen atoms in total. The van der Waals surface area contributed by atoms with E-state index in [0.29, 0.717) is 25.2 Å². The van der Waals surface area contributed by atoms with Crippen LogP contribution >= 0.6 is 0 Å². The summed E-state index contributed by atoms with van der Waals surface area (Å²) in [6.07, 6.45) is -4.16. The van der Waals surface area contributed by atoms with E-state index in [1.54, 1.807) is 17.0 Å². The van der Waals surface area contributed by atoms with Crippen molar-refractivity contribution in [2.75, 3.05) is 24.3 Å². The number of amides is 3. The van der Waals surface area contributed by atoms with Crippen LogP contribution in [-0.4, -0.2) is 30.7 Å². The third-order valence-electron chi connectivity index (χ3n) is 4.38. The standard InChI is InChI=1S/C19H18F3N3O3/c1-28-18(27)25-9-8-12-2-5-16(10-13(12)11-25)24-17(26)23-15-6-3-14(4-7-15)19(20,21)22/h2-7,10H,8-9,11H2,1H3,(H2,23,24,26). The normalized spacial score (nSPS) is 13.5. The minimum atomic E-state index is -4.43. The maximum Gasteiger partial charge on any atom is 0.416 e. The lowest BCUT2D eigenvalue weighted by atomic mass is 9.99. The zero-order chi connectivity index (χ0) is 20.3. The van der Waals surface area contributed by atoms with Gasteiger partial charge in [0.1, 0.15) is 0 Å². The highest BCUT2D eigenvalue weighted by atomic mass is 19.4. The Bertz CT molecular complexity index is 882. The monoisotopic (exact) mass is 393 g/mol. The zero-order valence-corrected chi connectivity index (χ0v) is 15.0. The van der Waals surface area contributed by atoms with Crippen molar-refractivity contribution < 1.29 is 27.5 Å². The number of halogens is 3. The molecule has 0 aliphatic carbocycles. The highest BCUT2D eigenvalue weighted by molar-refractivity contribution is 5.99. The van der Waals surface area contributed by atoms with Crippen LogP contribution in [0.15, 0.2) is 42.5 Å². The van der Waals surface area contributed by atoms with Gasteiger partial charge in [-0.3, -0.25) is 0 Å². The molecule has 0 aromatic heterocycles. The second kappa shape index (κ2) is 7.79. The van der Waals surface area contributed by atoms with E-state index in [2.05, 4.69) is 10.6 Å². The fourth-order valence-corrected chi connectivity index (χ4v) is 2.96. The summed E-state index contributed by atoms with van der Waals surface area (Å²) in [5, 5.41) is 5.12. The summed E-state index contributed by atoms with van der Waals surface area (Å²) in [7, 11) is 1.32. The highest BCUT2D eigenvalue weighted by Gasteiger charge is 2.30. The van der Waals surface area contributed by atoms with Crippen molar-refractivity contribution in [1.29, 1.82) is 0 Å². The van der Waals surface area contributed by atoms with Crippen molar-refractivity contribution in [2.45, 2.75) is 19.1 Å². The average Bonchev–Trinajstić information content (AvgIpc) is 2.66. The first-order valence-electron chi connectivity index (χ1n) is 8.46. The van der Waals surface area contributed by atoms with Gasteiger partial charge < -0.3 is 20.3 Å². The Morgan fingerprint density at radius 1 is 1.00 bits per heavy atom. The van der Waals surface area contributed by atoms with Crippen LogP contribution < -0.4 is 10.6 Å². The second-order valence-electron chi connectivity index (χ2n) is 6.28. The van der Waals surface area contributed by atoms with E-state index in [-0.39, 0.29) is 5.69 Å². The minimum absolute atomic E-state index is 0.236. The molecule has 0 radical (unpaired) electrons. The zero-order valence-electron chi connectivity index (χ0n) is 15.0. The molecule has 2 aromatic carbocycles. The molecule has 1 aliphatic heterocycles. The number of anilines is 2. The Hall–Kier alpha value is -3.23. The number of nitrogens with zero attached hydrogens (tertiary/aromatic N) is 1. The maximum absolute atomic E-state index is 12.6. The summed E-state index contributed by atoms with van der Waals surface area (Å²) in [4.78, 5) is 25.4. The van der Waals surface area contributed by atoms with Gasteiger partial charge in [-0.25, -0.2) is 9.59 Å². The van der Waals surface area contributed by atoms with Crippen molar-refractivity contribution in [3.8, 4) is 0 Å². The van der Waals surface area contributed by atoms with Gasteiger partial charge in [-0.15, -0.1) is 0 Å². The molecule has 0 saturated heterocycles. The molecule has 1 heterocycles. The predicted molar refractivity (Wildman–Crippen MR) is 97.0 cm³/mol. The van der Waals surface area contributed by atoms with Crippen LogP contribution in [0.3, 0.4) is 0 Å². The fraction of sp³-hybridized carbons (Fsp3) is 0.263. The number of hydrogen-bond donors (Lipinski definition) is 2. The third kappa shape index (κ3) is 4.54. The maximum atomic E-state index is 12.6. The van der Waals surface area contributed by atoms with E-state index in [0.717, 1.165) is 23.3 Å². The Morgan fingerprint density at radius 3 is 2.29 bits per heavy atom. The Kier molecular flexibility index (Phi) is 5.43. The molecule has 0 unspecified atom stereocenters. The van der Waals surface area contributed by atoms with Crippen LogP contribution in [0.2, 0.25) is 0 Å². The topological polar surface area (TPSA) is 70.7 Å². The lowest BCUT2D eigenvalue weighted by molar-refractivity contribution is -0.137. The molecular weight excluding hydrogens is 375 g/mol. The molecule has 0 saturated carbocycles. The van der Waals surface area contributed by atoms with Crippen molar-refractivity contribution in [3.05, 3.63) is 59.2 Å². The predicted octanol–water partition coefficient (Wildman–Crippen LogP) is 4.47. The number of carbonyl (C=O) groups excluding carboxylic acids is 2. The van der Waals surface area contributed by atoms with Crippen LogP contribution in [0.1, 0.15) is 16.7 Å². The summed E-state index contributed by atoms with van der Waals surface area (Å²) < 4.78 is 42.5. The molecule has 1 aliphatic rings. The number of alkyl halides is 3. The van der Waals surface area contributed by atoms with Crippen LogP contribution in [0.25, 0.3) is 0 Å². The lowest BCUT2D eigenvalue weighted by Gasteiger charge is -2.28. The number of hydrogen-bond acceptors (Lipinski definition) is 3. The van der Waals surface area contributed by atoms with Crippen molar-refractivity contribution >= 4 is 23.5 Å². The molecular formula is C19H18F3N3O3. The van der Waals surface area contributed by atoms with Gasteiger partial charge in [-0.2, -0.15) is 13.2 Å². The number of benzene rings is 2. The fourth-order valence-electron chi connectivity index (χ4n) is 2.96. The van der Waals surface area contributed by atoms with Crippen molar-refractivity contribution in [2.24, 2.45) is 0 Å². The van der Waals surface area contributed by atoms with Crippen LogP contribution in [0.4, 0.5) is 34.1 Å². The first kappa shape index (κ1) is 19.5. The Morgan fingerprint density at radius 2 is 1.64 bits per heavy atom. The molecule has 2 N–H and O–H groups in total. The molecule has 2 aromatic rings. The van der Waals surface area contributed by atoms with Crippen molar-refractivity contribution in [1.82, 2.24) is 4.90 Å². The third-order valence-corrected chi connectivity index (χ3v) is 4.38. The van der Waals surface area contributed by atoms with Gasteiger partial charge >= 0.3 is 18.3 Å². The number of rotatable bonds is 2. The second-order valence-corrected chi connectivity index (χ2v) is 6.28. The molecule has 9 heteroatoms. The lowest BCUT2D eigenvalue weighted by Crippen LogP contribution is -2.35. The number of urea groups is 1. The number of nitrogens with one attached hydrogen (secondary N) is 2. The molecule has 0 fully saturated rings. The largest absolute Gasteiger partial charge is 0.453 e. The van der Waals surface area contributed by atoms with Gasteiger partial charge in [0, 0.05) is 24.5 Å². The van der Waals surface area contributed by atoms with E-state index in [9.17, 15) is 22.8 Å². The molecule has 0 bridgehead atoms. The average molecular weight is 393 g/mol. The van der Waals surface area contributed by atoms with Gasteiger partial charge in [-0.1, -0.05) is 6.07 Å². The summed E-state index contributed by atoms with van der Waals surface area (Å²) in [6, 6.07) is 8.95. The number of fused-ring (bicyclic) bond motifs is 1. The molecule has 3 rings (SSSR count). The van der Waals surface area contributed by atoms with Gasteiger partial charge in [0.2, 0.25) is 0 Å². The molecule has 3 amide bonds. The van der Waals surface area contributed by atoms with Crippen molar-refractivity contribution in [3.63, 3.8) is 0 Å². The molecule has 148 valence electrons. The Balaban J connectivity index is 1.64. The van der Waals surface area contributed by atoms with Crippen LogP contribution in [-0.2, 0) is 23.9 Å². The minimum Gasteiger partial charge on any atom is -0.453 e. The SMILES string of the molecule is COC(=O)N1CCc2ccc(NC(=O)Nc3ccc(C(F)(F)F)cc3)cc2C1. The van der Waals surface area contributed by atoms with E-state index in [1.165, 1.54) is 19.2 Å². The van der Waals surface area contributed by atoms with E-state index < -0.39 is 23.9 Å². The number of ether oxygens (including phenoxy) is 1. The summed E-state index contributed by atoms with van der Waals surface area (Å²) in [5.41, 5.74) is 1.93. The smallest absolute Gasteiger partial charge is 0.416 e. The molecule has 28 heavy (non-hydrogen) atoms. The quantitative estimate of drug-likeness (QED) is 0.791. The Labute approximate surface area is 159 Å². The first-order valence-corrected chi connectivity index (χ1v) is 8.46. The summed E-state index contributed by atoms with van der Waals surface area (Å²) in [6.45, 7) is 0.929. The molecule has 0 atom stereocenters. The number of methoxy groups -OCH3 is 1. The van der Waals surface area contributed by atoms with Crippen LogP contribution in [0.5, 0.6) is 0 Å². The summed E-state index contributed by atoms with van der Waals surface area (Å²) in [5.74, 6) is 0.